The van der Waals surface area contributed by atoms with Crippen molar-refractivity contribution in [1.29, 1.82) is 0 Å². The largest absolute Gasteiger partial charge is 0.425 e. The molecule has 3 nitrogen and oxygen atoms in total. The van der Waals surface area contributed by atoms with Crippen molar-refractivity contribution < 1.29 is 9.53 Å². The molecule has 0 unspecified atom stereocenters. The van der Waals surface area contributed by atoms with Crippen molar-refractivity contribution in [2.24, 2.45) is 0 Å². The summed E-state index contributed by atoms with van der Waals surface area (Å²) in [7, 11) is 0. The summed E-state index contributed by atoms with van der Waals surface area (Å²) in [5.41, 5.74) is 1.32. The van der Waals surface area contributed by atoms with Crippen molar-refractivity contribution in [3.05, 3.63) is 40.9 Å². The van der Waals surface area contributed by atoms with Crippen molar-refractivity contribution in [3.63, 3.8) is 0 Å². The maximum atomic E-state index is 11.7. The lowest BCUT2D eigenvalue weighted by atomic mass is 10.0. The fourth-order valence-electron chi connectivity index (χ4n) is 1.86. The molecular weight excluding hydrogens is 250 g/mol. The Morgan fingerprint density at radius 1 is 1.39 bits per heavy atom. The van der Waals surface area contributed by atoms with E-state index < -0.39 is 0 Å². The number of para-hydroxylation sites is 1. The minimum Gasteiger partial charge on any atom is -0.425 e. The third kappa shape index (κ3) is 3.86. The number of nitrogens with one attached hydrogen (secondary N) is 1. The molecule has 18 heavy (non-hydrogen) atoms. The van der Waals surface area contributed by atoms with Crippen LogP contribution in [0.5, 0.6) is 5.75 Å². The summed E-state index contributed by atoms with van der Waals surface area (Å²) in [6.07, 6.45) is 4.33. The molecule has 1 N–H and O–H groups in total. The van der Waals surface area contributed by atoms with Gasteiger partial charge in [0, 0.05) is 13.0 Å². The van der Waals surface area contributed by atoms with Gasteiger partial charge in [0.25, 0.3) is 0 Å². The zero-order chi connectivity index (χ0) is 12.8. The zero-order valence-electron chi connectivity index (χ0n) is 10.1. The van der Waals surface area contributed by atoms with Gasteiger partial charge in [-0.15, -0.1) is 0 Å². The van der Waals surface area contributed by atoms with Crippen molar-refractivity contribution in [1.82, 2.24) is 5.32 Å². The van der Waals surface area contributed by atoms with Gasteiger partial charge < -0.3 is 10.1 Å². The maximum absolute atomic E-state index is 11.7. The number of rotatable bonds is 4. The Morgan fingerprint density at radius 3 is 2.94 bits per heavy atom. The van der Waals surface area contributed by atoms with Crippen LogP contribution in [0.15, 0.2) is 35.9 Å². The van der Waals surface area contributed by atoms with Crippen molar-refractivity contribution in [3.8, 4) is 5.75 Å². The van der Waals surface area contributed by atoms with Crippen LogP contribution in [-0.2, 0) is 4.79 Å². The van der Waals surface area contributed by atoms with Gasteiger partial charge in [-0.3, -0.25) is 4.79 Å². The first-order valence-corrected chi connectivity index (χ1v) is 6.47. The fourth-order valence-corrected chi connectivity index (χ4v) is 2.03. The van der Waals surface area contributed by atoms with Crippen molar-refractivity contribution >= 4 is 17.6 Å². The van der Waals surface area contributed by atoms with E-state index in [9.17, 15) is 4.79 Å². The zero-order valence-corrected chi connectivity index (χ0v) is 10.9. The van der Waals surface area contributed by atoms with E-state index >= 15 is 0 Å². The average molecular weight is 266 g/mol. The minimum absolute atomic E-state index is 0.234. The van der Waals surface area contributed by atoms with Crippen LogP contribution in [0.3, 0.4) is 0 Å². The maximum Gasteiger partial charge on any atom is 0.311 e. The molecule has 1 aliphatic heterocycles. The van der Waals surface area contributed by atoms with Gasteiger partial charge in [-0.1, -0.05) is 35.4 Å². The first kappa shape index (κ1) is 13.1. The van der Waals surface area contributed by atoms with Gasteiger partial charge in [-0.05, 0) is 31.5 Å². The Kier molecular flexibility index (Phi) is 4.79. The summed E-state index contributed by atoms with van der Waals surface area (Å²) < 4.78 is 5.22. The van der Waals surface area contributed by atoms with Crippen LogP contribution in [-0.4, -0.2) is 19.1 Å². The summed E-state index contributed by atoms with van der Waals surface area (Å²) in [5, 5.41) is 3.70. The number of ether oxygens (including phenoxy) is 1. The number of carbonyl (C=O) groups excluding carboxylic acids is 1. The predicted octanol–water partition coefficient (Wildman–Crippen LogP) is 2.95. The Bertz CT molecular complexity index is 457. The van der Waals surface area contributed by atoms with E-state index in [0.717, 1.165) is 25.9 Å². The van der Waals surface area contributed by atoms with Gasteiger partial charge in [-0.2, -0.15) is 0 Å². The topological polar surface area (TPSA) is 38.3 Å². The van der Waals surface area contributed by atoms with Crippen molar-refractivity contribution in [2.45, 2.75) is 19.3 Å². The highest BCUT2D eigenvalue weighted by molar-refractivity contribution is 6.32. The Hall–Kier alpha value is -1.32. The molecule has 0 radical (unpaired) electrons. The number of halogens is 1. The van der Waals surface area contributed by atoms with E-state index in [1.54, 1.807) is 24.3 Å². The Morgan fingerprint density at radius 2 is 2.22 bits per heavy atom. The van der Waals surface area contributed by atoms with Crippen LogP contribution in [0.25, 0.3) is 0 Å². The molecule has 1 aliphatic rings. The van der Waals surface area contributed by atoms with Crippen molar-refractivity contribution in [2.75, 3.05) is 13.1 Å². The SMILES string of the molecule is O=C(CCC1=CCNCC1)Oc1ccccc1Cl. The number of carbonyl (C=O) groups is 1. The predicted molar refractivity (Wildman–Crippen MR) is 71.9 cm³/mol. The molecule has 0 aromatic heterocycles. The van der Waals surface area contributed by atoms with E-state index in [-0.39, 0.29) is 5.97 Å². The number of hydrogen-bond donors (Lipinski definition) is 1. The highest BCUT2D eigenvalue weighted by Crippen LogP contribution is 2.24. The van der Waals surface area contributed by atoms with Crippen LogP contribution >= 0.6 is 11.6 Å². The summed E-state index contributed by atoms with van der Waals surface area (Å²) >= 11 is 5.92. The molecule has 0 amide bonds. The van der Waals surface area contributed by atoms with E-state index in [1.165, 1.54) is 5.57 Å². The highest BCUT2D eigenvalue weighted by Gasteiger charge is 2.10. The second-order valence-corrected chi connectivity index (χ2v) is 4.63. The van der Waals surface area contributed by atoms with Gasteiger partial charge in [0.1, 0.15) is 5.75 Å². The smallest absolute Gasteiger partial charge is 0.311 e. The summed E-state index contributed by atoms with van der Waals surface area (Å²) in [6, 6.07) is 7.01. The van der Waals surface area contributed by atoms with Gasteiger partial charge in [0.15, 0.2) is 0 Å². The molecule has 1 aromatic carbocycles. The lowest BCUT2D eigenvalue weighted by molar-refractivity contribution is -0.134. The number of esters is 1. The van der Waals surface area contributed by atoms with Gasteiger partial charge in [0.05, 0.1) is 5.02 Å². The van der Waals surface area contributed by atoms with Crippen LogP contribution in [0.2, 0.25) is 5.02 Å². The molecule has 0 spiro atoms. The third-order valence-electron chi connectivity index (χ3n) is 2.87. The number of hydrogen-bond acceptors (Lipinski definition) is 3. The van der Waals surface area contributed by atoms with Crippen LogP contribution < -0.4 is 10.1 Å². The molecule has 96 valence electrons. The van der Waals surface area contributed by atoms with Crippen LogP contribution in [0.4, 0.5) is 0 Å². The normalized spacial score (nSPS) is 15.1. The molecule has 0 fully saturated rings. The molecule has 4 heteroatoms. The number of benzene rings is 1. The van der Waals surface area contributed by atoms with Crippen LogP contribution in [0, 0.1) is 0 Å². The molecule has 0 atom stereocenters. The molecule has 2 rings (SSSR count). The average Bonchev–Trinajstić information content (AvgIpc) is 2.40. The Balaban J connectivity index is 1.82. The highest BCUT2D eigenvalue weighted by atomic mass is 35.5. The third-order valence-corrected chi connectivity index (χ3v) is 3.18. The van der Waals surface area contributed by atoms with Gasteiger partial charge in [-0.25, -0.2) is 0 Å². The van der Waals surface area contributed by atoms with E-state index in [2.05, 4.69) is 11.4 Å². The summed E-state index contributed by atoms with van der Waals surface area (Å²) in [5.74, 6) is 0.200. The standard InChI is InChI=1S/C14H16ClNO2/c15-12-3-1-2-4-13(12)18-14(17)6-5-11-7-9-16-10-8-11/h1-4,7,16H,5-6,8-10H2. The lowest BCUT2D eigenvalue weighted by Crippen LogP contribution is -2.21. The molecular formula is C14H16ClNO2. The van der Waals surface area contributed by atoms with E-state index in [4.69, 9.17) is 16.3 Å². The lowest BCUT2D eigenvalue weighted by Gasteiger charge is -2.13. The fraction of sp³-hybridized carbons (Fsp3) is 0.357. The quantitative estimate of drug-likeness (QED) is 0.517. The second kappa shape index (κ2) is 6.57. The summed E-state index contributed by atoms with van der Waals surface area (Å²) in [6.45, 7) is 1.89. The van der Waals surface area contributed by atoms with E-state index in [0.29, 0.717) is 17.2 Å². The Labute approximate surface area is 112 Å². The minimum atomic E-state index is -0.234. The van der Waals surface area contributed by atoms with E-state index in [1.807, 2.05) is 0 Å². The van der Waals surface area contributed by atoms with Crippen LogP contribution in [0.1, 0.15) is 19.3 Å². The molecule has 0 aliphatic carbocycles. The summed E-state index contributed by atoms with van der Waals surface area (Å²) in [4.78, 5) is 11.7. The first-order chi connectivity index (χ1) is 8.75. The van der Waals surface area contributed by atoms with Gasteiger partial charge >= 0.3 is 5.97 Å². The second-order valence-electron chi connectivity index (χ2n) is 4.22. The molecule has 0 bridgehead atoms. The van der Waals surface area contributed by atoms with Gasteiger partial charge in [0.2, 0.25) is 0 Å². The molecule has 0 saturated carbocycles. The molecule has 1 heterocycles. The molecule has 1 aromatic rings. The monoisotopic (exact) mass is 265 g/mol. The first-order valence-electron chi connectivity index (χ1n) is 6.09. The molecule has 0 saturated heterocycles.